The van der Waals surface area contributed by atoms with Crippen LogP contribution in [0.3, 0.4) is 0 Å². The fourth-order valence-electron chi connectivity index (χ4n) is 5.11. The first kappa shape index (κ1) is 44.6. The Morgan fingerprint density at radius 3 is 1.09 bits per heavy atom. The van der Waals surface area contributed by atoms with Crippen molar-refractivity contribution in [1.82, 2.24) is 4.90 Å². The molecule has 13 nitrogen and oxygen atoms in total. The Morgan fingerprint density at radius 2 is 0.848 bits per heavy atom. The maximum absolute atomic E-state index is 13.5. The predicted molar refractivity (Wildman–Crippen MR) is 173 cm³/mol. The molecule has 0 spiro atoms. The maximum Gasteiger partial charge on any atom is 0.321 e. The first-order chi connectivity index (χ1) is 21.9. The van der Waals surface area contributed by atoms with Gasteiger partial charge in [-0.15, -0.1) is 0 Å². The second-order valence-corrected chi connectivity index (χ2v) is 11.2. The normalized spacial score (nSPS) is 15.9. The molecule has 0 saturated carbocycles. The molecule has 13 heteroatoms. The van der Waals surface area contributed by atoms with Crippen molar-refractivity contribution in [3.8, 4) is 0 Å². The van der Waals surface area contributed by atoms with Crippen molar-refractivity contribution in [1.29, 1.82) is 0 Å². The summed E-state index contributed by atoms with van der Waals surface area (Å²) in [4.78, 5) is 26.8. The minimum absolute atomic E-state index is 0.0857. The Balaban J connectivity index is 8.73. The van der Waals surface area contributed by atoms with Crippen LogP contribution < -0.4 is 0 Å². The number of rotatable bonds is 31. The molecular weight excluding hydrogens is 602 g/mol. The molecule has 2 unspecified atom stereocenters. The van der Waals surface area contributed by atoms with E-state index in [0.717, 1.165) is 0 Å². The van der Waals surface area contributed by atoms with Crippen molar-refractivity contribution in [2.24, 2.45) is 0 Å². The quantitative estimate of drug-likeness (QED) is 0.0835. The second kappa shape index (κ2) is 23.0. The Kier molecular flexibility index (Phi) is 22.3. The fraction of sp³-hybridized carbons (Fsp3) is 0.939. The lowest BCUT2D eigenvalue weighted by Crippen LogP contribution is -2.82. The summed E-state index contributed by atoms with van der Waals surface area (Å²) in [7, 11) is 0. The molecule has 0 aromatic carbocycles. The van der Waals surface area contributed by atoms with Crippen molar-refractivity contribution in [3.05, 3.63) is 0 Å². The lowest BCUT2D eigenvalue weighted by atomic mass is 9.99. The molecule has 0 aliphatic heterocycles. The average molecular weight is 668 g/mol. The van der Waals surface area contributed by atoms with E-state index in [4.69, 9.17) is 37.9 Å². The van der Waals surface area contributed by atoms with Crippen LogP contribution in [0.4, 0.5) is 0 Å². The Labute approximate surface area is 277 Å². The van der Waals surface area contributed by atoms with Crippen molar-refractivity contribution in [2.45, 2.75) is 150 Å². The molecule has 0 rings (SSSR count). The van der Waals surface area contributed by atoms with Gasteiger partial charge < -0.3 is 48.1 Å². The van der Waals surface area contributed by atoms with Crippen LogP contribution in [0.2, 0.25) is 0 Å². The van der Waals surface area contributed by atoms with Crippen LogP contribution in [0.5, 0.6) is 0 Å². The number of carboxylic acids is 2. The van der Waals surface area contributed by atoms with Gasteiger partial charge in [-0.3, -0.25) is 9.59 Å². The van der Waals surface area contributed by atoms with Gasteiger partial charge in [0.1, 0.15) is 6.04 Å². The predicted octanol–water partition coefficient (Wildman–Crippen LogP) is 5.98. The second-order valence-electron chi connectivity index (χ2n) is 11.2. The molecule has 0 radical (unpaired) electrons. The number of ether oxygens (including phenoxy) is 8. The molecule has 0 fully saturated rings. The standard InChI is InChI=1S/C33H65NO12/c1-11-21-41-30(9,39-17-7)32(43-23-13-3,44-24-14-4)34(27(29(37)38)19-20-28(35)36)33(45-25-15-5,46-26-16-6)31(10,40-18-8)42-22-12-2/h27H,11-26H2,1-10H3,(H,35,36)(H,37,38)/t27-,30?,31?/m0/s1. The van der Waals surface area contributed by atoms with Crippen LogP contribution in [0, 0.1) is 0 Å². The van der Waals surface area contributed by atoms with Crippen LogP contribution in [-0.2, 0) is 47.5 Å². The molecule has 3 atom stereocenters. The summed E-state index contributed by atoms with van der Waals surface area (Å²) in [5, 5.41) is 20.8. The van der Waals surface area contributed by atoms with Gasteiger partial charge in [0.2, 0.25) is 11.6 Å². The summed E-state index contributed by atoms with van der Waals surface area (Å²) >= 11 is 0. The van der Waals surface area contributed by atoms with Gasteiger partial charge in [-0.05, 0) is 72.6 Å². The summed E-state index contributed by atoms with van der Waals surface area (Å²) in [6.07, 6.45) is 2.39. The first-order valence-corrected chi connectivity index (χ1v) is 17.2. The van der Waals surface area contributed by atoms with Gasteiger partial charge in [-0.2, -0.15) is 4.90 Å². The lowest BCUT2D eigenvalue weighted by Gasteiger charge is -2.61. The third-order valence-electron chi connectivity index (χ3n) is 7.02. The molecule has 0 aromatic heterocycles. The van der Waals surface area contributed by atoms with Crippen LogP contribution in [-0.4, -0.2) is 109 Å². The number of aliphatic carboxylic acids is 2. The highest BCUT2D eigenvalue weighted by atomic mass is 16.8. The summed E-state index contributed by atoms with van der Waals surface area (Å²) in [5.74, 6) is -10.5. The van der Waals surface area contributed by atoms with E-state index >= 15 is 0 Å². The number of hydrogen-bond acceptors (Lipinski definition) is 11. The Bertz CT molecular complexity index is 766. The molecule has 46 heavy (non-hydrogen) atoms. The van der Waals surface area contributed by atoms with E-state index in [1.165, 1.54) is 4.90 Å². The van der Waals surface area contributed by atoms with E-state index < -0.39 is 47.8 Å². The van der Waals surface area contributed by atoms with Crippen molar-refractivity contribution < 1.29 is 57.7 Å². The van der Waals surface area contributed by atoms with E-state index in [1.807, 2.05) is 41.5 Å². The number of carbonyl (C=O) groups is 2. The third kappa shape index (κ3) is 11.6. The zero-order chi connectivity index (χ0) is 35.3. The molecule has 0 aliphatic rings. The van der Waals surface area contributed by atoms with Gasteiger partial charge in [0, 0.05) is 19.6 Å². The van der Waals surface area contributed by atoms with Crippen LogP contribution in [0.25, 0.3) is 0 Å². The minimum atomic E-state index is -2.19. The zero-order valence-electron chi connectivity index (χ0n) is 30.3. The highest BCUT2D eigenvalue weighted by Gasteiger charge is 2.72. The Morgan fingerprint density at radius 1 is 0.543 bits per heavy atom. The lowest BCUT2D eigenvalue weighted by molar-refractivity contribution is -0.541. The molecule has 0 amide bonds. The highest BCUT2D eigenvalue weighted by molar-refractivity contribution is 5.75. The molecule has 0 heterocycles. The smallest absolute Gasteiger partial charge is 0.321 e. The summed E-state index contributed by atoms with van der Waals surface area (Å²) in [5.41, 5.74) is 0. The summed E-state index contributed by atoms with van der Waals surface area (Å²) in [6, 6.07) is -1.64. The highest BCUT2D eigenvalue weighted by Crippen LogP contribution is 2.49. The SMILES string of the molecule is CCCOC(C)(OCC)C(OCCC)(OCCC)N([C@@H](CCC(=O)O)C(=O)O)C(OCCC)(OCCC)C(C)(OCC)OCCC. The molecule has 0 aliphatic carbocycles. The fourth-order valence-corrected chi connectivity index (χ4v) is 5.11. The van der Waals surface area contributed by atoms with E-state index in [0.29, 0.717) is 38.5 Å². The van der Waals surface area contributed by atoms with Crippen molar-refractivity contribution in [3.63, 3.8) is 0 Å². The number of carboxylic acid groups (broad SMARTS) is 2. The Hall–Kier alpha value is -1.42. The zero-order valence-corrected chi connectivity index (χ0v) is 30.3. The molecule has 274 valence electrons. The van der Waals surface area contributed by atoms with Crippen molar-refractivity contribution in [2.75, 3.05) is 52.9 Å². The van der Waals surface area contributed by atoms with Gasteiger partial charge in [-0.1, -0.05) is 41.5 Å². The van der Waals surface area contributed by atoms with Crippen LogP contribution in [0.15, 0.2) is 0 Å². The molecule has 0 aromatic rings. The van der Waals surface area contributed by atoms with Gasteiger partial charge in [0.25, 0.3) is 11.8 Å². The number of nitrogens with zero attached hydrogens (tertiary/aromatic N) is 1. The van der Waals surface area contributed by atoms with E-state index in [2.05, 4.69) is 0 Å². The topological polar surface area (TPSA) is 152 Å². The average Bonchev–Trinajstić information content (AvgIpc) is 3.02. The van der Waals surface area contributed by atoms with Gasteiger partial charge in [0.05, 0.1) is 39.6 Å². The monoisotopic (exact) mass is 667 g/mol. The minimum Gasteiger partial charge on any atom is -0.481 e. The van der Waals surface area contributed by atoms with E-state index in [1.54, 1.807) is 27.7 Å². The van der Waals surface area contributed by atoms with Gasteiger partial charge in [-0.25, -0.2) is 0 Å². The molecule has 0 bridgehead atoms. The maximum atomic E-state index is 13.5. The van der Waals surface area contributed by atoms with E-state index in [-0.39, 0.29) is 59.3 Å². The number of hydrogen-bond donors (Lipinski definition) is 2. The van der Waals surface area contributed by atoms with Gasteiger partial charge in [0.15, 0.2) is 0 Å². The van der Waals surface area contributed by atoms with Crippen LogP contribution in [0.1, 0.15) is 121 Å². The summed E-state index contributed by atoms with van der Waals surface area (Å²) < 4.78 is 52.5. The first-order valence-electron chi connectivity index (χ1n) is 17.2. The molecular formula is C33H65NO12. The summed E-state index contributed by atoms with van der Waals surface area (Å²) in [6.45, 7) is 19.4. The van der Waals surface area contributed by atoms with Crippen LogP contribution >= 0.6 is 0 Å². The molecule has 2 N–H and O–H groups in total. The van der Waals surface area contributed by atoms with E-state index in [9.17, 15) is 19.8 Å². The van der Waals surface area contributed by atoms with Gasteiger partial charge >= 0.3 is 11.9 Å². The van der Waals surface area contributed by atoms with Crippen molar-refractivity contribution >= 4 is 11.9 Å². The molecule has 0 saturated heterocycles. The largest absolute Gasteiger partial charge is 0.481 e. The third-order valence-corrected chi connectivity index (χ3v) is 7.02.